The molecule has 1 heterocycles. The minimum absolute atomic E-state index is 0.0994. The number of rotatable bonds is 6. The monoisotopic (exact) mass is 355 g/mol. The number of carbonyl (C=O) groups excluding carboxylic acids is 1. The molecule has 26 heavy (non-hydrogen) atoms. The first-order valence-corrected chi connectivity index (χ1v) is 8.76. The molecule has 1 saturated heterocycles. The molecule has 1 N–H and O–H groups in total. The Balaban J connectivity index is 1.78. The van der Waals surface area contributed by atoms with Crippen molar-refractivity contribution in [2.24, 2.45) is 0 Å². The Labute approximate surface area is 154 Å². The lowest BCUT2D eigenvalue weighted by Gasteiger charge is -2.26. The van der Waals surface area contributed by atoms with Gasteiger partial charge >= 0.3 is 0 Å². The highest BCUT2D eigenvalue weighted by molar-refractivity contribution is 5.56. The largest absolute Gasteiger partial charge is 0.508 e. The second-order valence-electron chi connectivity index (χ2n) is 6.80. The van der Waals surface area contributed by atoms with Gasteiger partial charge in [-0.25, -0.2) is 0 Å². The van der Waals surface area contributed by atoms with Gasteiger partial charge in [0.2, 0.25) is 0 Å². The highest BCUT2D eigenvalue weighted by Crippen LogP contribution is 2.27. The lowest BCUT2D eigenvalue weighted by Crippen LogP contribution is -2.38. The molecule has 1 fully saturated rings. The van der Waals surface area contributed by atoms with Gasteiger partial charge in [0.1, 0.15) is 11.5 Å². The van der Waals surface area contributed by atoms with Crippen molar-refractivity contribution in [1.29, 1.82) is 0 Å². The van der Waals surface area contributed by atoms with Gasteiger partial charge in [0.05, 0.1) is 13.7 Å². The Morgan fingerprint density at radius 1 is 1.23 bits per heavy atom. The van der Waals surface area contributed by atoms with Gasteiger partial charge in [-0.05, 0) is 60.7 Å². The van der Waals surface area contributed by atoms with Crippen molar-refractivity contribution in [3.05, 3.63) is 58.7 Å². The van der Waals surface area contributed by atoms with Crippen molar-refractivity contribution in [3.8, 4) is 11.5 Å². The van der Waals surface area contributed by atoms with Crippen molar-refractivity contribution in [2.75, 3.05) is 13.7 Å². The van der Waals surface area contributed by atoms with Gasteiger partial charge in [-0.2, -0.15) is 0 Å². The molecule has 5 heteroatoms. The minimum Gasteiger partial charge on any atom is -0.508 e. The van der Waals surface area contributed by atoms with Crippen LogP contribution in [0.1, 0.15) is 22.3 Å². The fourth-order valence-electron chi connectivity index (χ4n) is 3.37. The molecule has 0 bridgehead atoms. The van der Waals surface area contributed by atoms with Crippen LogP contribution in [0, 0.1) is 13.8 Å². The summed E-state index contributed by atoms with van der Waals surface area (Å²) in [5.41, 5.74) is 4.06. The molecule has 138 valence electrons. The van der Waals surface area contributed by atoms with Crippen LogP contribution in [-0.4, -0.2) is 42.3 Å². The normalized spacial score (nSPS) is 20.3. The van der Waals surface area contributed by atoms with Gasteiger partial charge in [-0.3, -0.25) is 9.69 Å². The fraction of sp³-hybridized carbons (Fsp3) is 0.381. The molecule has 2 atom stereocenters. The van der Waals surface area contributed by atoms with Crippen molar-refractivity contribution in [3.63, 3.8) is 0 Å². The van der Waals surface area contributed by atoms with Crippen LogP contribution >= 0.6 is 0 Å². The number of phenols is 1. The van der Waals surface area contributed by atoms with Gasteiger partial charge < -0.3 is 14.6 Å². The van der Waals surface area contributed by atoms with Crippen LogP contribution in [0.25, 0.3) is 0 Å². The Bertz CT molecular complexity index is 749. The average molecular weight is 355 g/mol. The van der Waals surface area contributed by atoms with E-state index in [-0.39, 0.29) is 11.8 Å². The summed E-state index contributed by atoms with van der Waals surface area (Å²) in [5, 5.41) is 10.1. The molecule has 0 radical (unpaired) electrons. The summed E-state index contributed by atoms with van der Waals surface area (Å²) in [7, 11) is 1.65. The summed E-state index contributed by atoms with van der Waals surface area (Å²) in [4.78, 5) is 13.5. The average Bonchev–Trinajstić information content (AvgIpc) is 3.01. The SMILES string of the molecule is COc1ccc(C[C@H]2COC(C=O)N2Cc2cc(C)c(C)c(O)c2)cc1. The third-order valence-corrected chi connectivity index (χ3v) is 5.07. The van der Waals surface area contributed by atoms with E-state index in [4.69, 9.17) is 9.47 Å². The van der Waals surface area contributed by atoms with Crippen LogP contribution in [0.3, 0.4) is 0 Å². The standard InChI is InChI=1S/C21H25NO4/c1-14-8-17(10-20(24)15(14)2)11-22-18(13-26-21(22)12-23)9-16-4-6-19(25-3)7-5-16/h4-8,10,12,18,21,24H,9,11,13H2,1-3H3/t18-,21?/m0/s1. The van der Waals surface area contributed by atoms with Gasteiger partial charge in [0, 0.05) is 12.6 Å². The third kappa shape index (κ3) is 3.89. The van der Waals surface area contributed by atoms with Crippen molar-refractivity contribution in [2.45, 2.75) is 39.1 Å². The molecule has 5 nitrogen and oxygen atoms in total. The van der Waals surface area contributed by atoms with E-state index in [1.807, 2.05) is 38.1 Å². The number of benzene rings is 2. The highest BCUT2D eigenvalue weighted by Gasteiger charge is 2.34. The van der Waals surface area contributed by atoms with Crippen LogP contribution in [-0.2, 0) is 22.5 Å². The van der Waals surface area contributed by atoms with E-state index < -0.39 is 6.23 Å². The van der Waals surface area contributed by atoms with E-state index in [1.165, 1.54) is 5.56 Å². The van der Waals surface area contributed by atoms with E-state index in [9.17, 15) is 9.90 Å². The molecular weight excluding hydrogens is 330 g/mol. The zero-order valence-electron chi connectivity index (χ0n) is 15.4. The zero-order chi connectivity index (χ0) is 18.7. The van der Waals surface area contributed by atoms with Crippen molar-refractivity contribution < 1.29 is 19.4 Å². The molecule has 0 aromatic heterocycles. The van der Waals surface area contributed by atoms with Crippen LogP contribution in [0.4, 0.5) is 0 Å². The summed E-state index contributed by atoms with van der Waals surface area (Å²) in [5.74, 6) is 1.11. The number of nitrogens with zero attached hydrogens (tertiary/aromatic N) is 1. The van der Waals surface area contributed by atoms with Crippen molar-refractivity contribution in [1.82, 2.24) is 4.90 Å². The topological polar surface area (TPSA) is 59.0 Å². The zero-order valence-corrected chi connectivity index (χ0v) is 15.4. The Kier molecular flexibility index (Phi) is 5.59. The van der Waals surface area contributed by atoms with Crippen LogP contribution in [0.5, 0.6) is 11.5 Å². The summed E-state index contributed by atoms with van der Waals surface area (Å²) < 4.78 is 10.9. The summed E-state index contributed by atoms with van der Waals surface area (Å²) in [6.45, 7) is 4.93. The molecule has 0 aliphatic carbocycles. The number of aldehydes is 1. The number of methoxy groups -OCH3 is 1. The molecular formula is C21H25NO4. The first kappa shape index (κ1) is 18.4. The first-order valence-electron chi connectivity index (χ1n) is 8.76. The number of ether oxygens (including phenoxy) is 2. The maximum absolute atomic E-state index is 11.4. The smallest absolute Gasteiger partial charge is 0.167 e. The third-order valence-electron chi connectivity index (χ3n) is 5.07. The minimum atomic E-state index is -0.554. The molecule has 1 aliphatic rings. The second kappa shape index (κ2) is 7.89. The van der Waals surface area contributed by atoms with E-state index in [0.29, 0.717) is 13.2 Å². The lowest BCUT2D eigenvalue weighted by molar-refractivity contribution is -0.122. The highest BCUT2D eigenvalue weighted by atomic mass is 16.5. The van der Waals surface area contributed by atoms with Gasteiger partial charge in [-0.15, -0.1) is 0 Å². The Hall–Kier alpha value is -2.37. The van der Waals surface area contributed by atoms with Crippen molar-refractivity contribution >= 4 is 6.29 Å². The number of aromatic hydroxyl groups is 1. The van der Waals surface area contributed by atoms with E-state index in [0.717, 1.165) is 35.1 Å². The van der Waals surface area contributed by atoms with Gasteiger partial charge in [-0.1, -0.05) is 18.2 Å². The van der Waals surface area contributed by atoms with Crippen LogP contribution < -0.4 is 4.74 Å². The molecule has 2 aromatic rings. The molecule has 0 spiro atoms. The maximum Gasteiger partial charge on any atom is 0.167 e. The summed E-state index contributed by atoms with van der Waals surface area (Å²) in [6, 6.07) is 11.9. The molecule has 2 aromatic carbocycles. The molecule has 1 aliphatic heterocycles. The number of aryl methyl sites for hydroxylation is 1. The number of carbonyl (C=O) groups is 1. The number of phenolic OH excluding ortho intramolecular Hbond substituents is 1. The van der Waals surface area contributed by atoms with Crippen LogP contribution in [0.2, 0.25) is 0 Å². The Morgan fingerprint density at radius 2 is 1.96 bits per heavy atom. The second-order valence-corrected chi connectivity index (χ2v) is 6.80. The predicted octanol–water partition coefficient (Wildman–Crippen LogP) is 2.99. The van der Waals surface area contributed by atoms with E-state index in [2.05, 4.69) is 11.0 Å². The van der Waals surface area contributed by atoms with Gasteiger partial charge in [0.25, 0.3) is 0 Å². The fourth-order valence-corrected chi connectivity index (χ4v) is 3.37. The Morgan fingerprint density at radius 3 is 2.58 bits per heavy atom. The molecule has 1 unspecified atom stereocenters. The first-order chi connectivity index (χ1) is 12.5. The van der Waals surface area contributed by atoms with Crippen LogP contribution in [0.15, 0.2) is 36.4 Å². The predicted molar refractivity (Wildman–Crippen MR) is 99.4 cm³/mol. The van der Waals surface area contributed by atoms with Gasteiger partial charge in [0.15, 0.2) is 12.5 Å². The number of hydrogen-bond donors (Lipinski definition) is 1. The maximum atomic E-state index is 11.4. The summed E-state index contributed by atoms with van der Waals surface area (Å²) >= 11 is 0. The quantitative estimate of drug-likeness (QED) is 0.808. The lowest BCUT2D eigenvalue weighted by atomic mass is 10.0. The number of hydrogen-bond acceptors (Lipinski definition) is 5. The van der Waals surface area contributed by atoms with E-state index in [1.54, 1.807) is 13.2 Å². The molecule has 0 saturated carbocycles. The molecule has 0 amide bonds. The molecule has 3 rings (SSSR count). The van der Waals surface area contributed by atoms with E-state index >= 15 is 0 Å². The summed E-state index contributed by atoms with van der Waals surface area (Å²) in [6.07, 6.45) is 1.07.